The van der Waals surface area contributed by atoms with Crippen LogP contribution in [0, 0.1) is 17.8 Å². The zero-order chi connectivity index (χ0) is 22.9. The number of anilines is 1. The minimum atomic E-state index is -1.00. The third kappa shape index (κ3) is 4.28. The van der Waals surface area contributed by atoms with Gasteiger partial charge < -0.3 is 25.8 Å². The summed E-state index contributed by atoms with van der Waals surface area (Å²) in [5, 5.41) is 25.8. The zero-order valence-electron chi connectivity index (χ0n) is 18.1. The Morgan fingerprint density at radius 2 is 1.94 bits per heavy atom. The molecule has 1 amide bonds. The topological polar surface area (TPSA) is 140 Å². The minimum Gasteiger partial charge on any atom is -0.481 e. The number of carbonyl (C=O) groups excluding carboxylic acids is 1. The highest BCUT2D eigenvalue weighted by Crippen LogP contribution is 2.50. The molecule has 0 aliphatic heterocycles. The molecule has 9 nitrogen and oxygen atoms in total. The highest BCUT2D eigenvalue weighted by atomic mass is 16.4. The van der Waals surface area contributed by atoms with Crippen molar-refractivity contribution in [1.82, 2.24) is 20.3 Å². The molecule has 3 unspecified atom stereocenters. The summed E-state index contributed by atoms with van der Waals surface area (Å²) in [5.74, 6) is 0.297. The van der Waals surface area contributed by atoms with E-state index in [9.17, 15) is 19.8 Å². The second kappa shape index (κ2) is 8.82. The van der Waals surface area contributed by atoms with Crippen molar-refractivity contribution in [2.75, 3.05) is 11.9 Å². The van der Waals surface area contributed by atoms with Gasteiger partial charge in [-0.2, -0.15) is 0 Å². The third-order valence-corrected chi connectivity index (χ3v) is 7.10. The first-order valence-electron chi connectivity index (χ1n) is 11.3. The Bertz CT molecular complexity index is 1160. The molecule has 9 heteroatoms. The van der Waals surface area contributed by atoms with Gasteiger partial charge in [-0.3, -0.25) is 9.59 Å². The second-order valence-electron chi connectivity index (χ2n) is 9.14. The monoisotopic (exact) mass is 449 g/mol. The summed E-state index contributed by atoms with van der Waals surface area (Å²) in [6, 6.07) is 8.99. The first-order valence-corrected chi connectivity index (χ1v) is 11.3. The molecule has 2 saturated carbocycles. The largest absolute Gasteiger partial charge is 0.481 e. The number of aromatic amines is 1. The Hall–Kier alpha value is -3.46. The second-order valence-corrected chi connectivity index (χ2v) is 9.14. The van der Waals surface area contributed by atoms with Gasteiger partial charge in [0.15, 0.2) is 0 Å². The fourth-order valence-electron chi connectivity index (χ4n) is 5.39. The number of nitrogens with zero attached hydrogens (tertiary/aromatic N) is 2. The van der Waals surface area contributed by atoms with Crippen LogP contribution in [0.15, 0.2) is 42.9 Å². The molecule has 2 heterocycles. The molecule has 5 N–H and O–H groups in total. The van der Waals surface area contributed by atoms with E-state index in [0.29, 0.717) is 40.4 Å². The van der Waals surface area contributed by atoms with Crippen LogP contribution in [0.5, 0.6) is 0 Å². The van der Waals surface area contributed by atoms with Crippen molar-refractivity contribution < 1.29 is 19.8 Å². The van der Waals surface area contributed by atoms with Gasteiger partial charge in [0.25, 0.3) is 5.91 Å². The van der Waals surface area contributed by atoms with Crippen LogP contribution in [0.4, 0.5) is 5.69 Å². The molecule has 2 fully saturated rings. The number of hydrogen-bond donors (Lipinski definition) is 5. The van der Waals surface area contributed by atoms with Crippen molar-refractivity contribution >= 4 is 28.6 Å². The molecule has 3 aromatic rings. The molecule has 0 bridgehead atoms. The molecule has 5 rings (SSSR count). The van der Waals surface area contributed by atoms with Gasteiger partial charge >= 0.3 is 5.97 Å². The average Bonchev–Trinajstić information content (AvgIpc) is 3.41. The number of rotatable bonds is 8. The van der Waals surface area contributed by atoms with E-state index in [-0.39, 0.29) is 18.7 Å². The molecule has 0 saturated heterocycles. The quantitative estimate of drug-likeness (QED) is 0.356. The number of benzene rings is 1. The van der Waals surface area contributed by atoms with Crippen molar-refractivity contribution in [3.05, 3.63) is 54.1 Å². The molecular formula is C24H27N5O4. The lowest BCUT2D eigenvalue weighted by Crippen LogP contribution is -2.43. The number of nitrogens with one attached hydrogen (secondary N) is 3. The number of aliphatic carboxylic acids is 1. The smallest absolute Gasteiger partial charge is 0.305 e. The molecule has 33 heavy (non-hydrogen) atoms. The van der Waals surface area contributed by atoms with Gasteiger partial charge in [-0.05, 0) is 60.8 Å². The number of H-pyrrole nitrogens is 1. The molecule has 1 aromatic carbocycles. The maximum absolute atomic E-state index is 12.9. The standard InChI is InChI=1S/C24H27N5O4/c30-11-13-7-15-9-20(18(15)8-13)28-16-3-1-14(2-4-16)19(10-21(31)32)29-24(33)22-17-5-6-25-23(17)27-12-26-22/h1-6,12-13,15,18-20,28,30H,7-11H2,(H,29,33)(H,31,32)(H,25,26,27)/t13?,15-,18-,19?,20?/m1/s1. The highest BCUT2D eigenvalue weighted by molar-refractivity contribution is 6.03. The molecule has 2 aliphatic rings. The third-order valence-electron chi connectivity index (χ3n) is 7.10. The van der Waals surface area contributed by atoms with E-state index < -0.39 is 17.9 Å². The number of amides is 1. The van der Waals surface area contributed by atoms with Crippen molar-refractivity contribution in [3.63, 3.8) is 0 Å². The van der Waals surface area contributed by atoms with Crippen molar-refractivity contribution in [2.45, 2.75) is 37.8 Å². The van der Waals surface area contributed by atoms with E-state index >= 15 is 0 Å². The number of carboxylic acid groups (broad SMARTS) is 1. The van der Waals surface area contributed by atoms with Crippen molar-refractivity contribution in [1.29, 1.82) is 0 Å². The Labute approximate surface area is 190 Å². The van der Waals surface area contributed by atoms with Crippen LogP contribution in [0.3, 0.4) is 0 Å². The first-order chi connectivity index (χ1) is 16.0. The van der Waals surface area contributed by atoms with Crippen molar-refractivity contribution in [3.8, 4) is 0 Å². The number of hydrogen-bond acceptors (Lipinski definition) is 6. The summed E-state index contributed by atoms with van der Waals surface area (Å²) in [6.45, 7) is 0.274. The lowest BCUT2D eigenvalue weighted by molar-refractivity contribution is -0.137. The van der Waals surface area contributed by atoms with E-state index in [0.717, 1.165) is 24.9 Å². The normalized spacial score (nSPS) is 24.6. The fraction of sp³-hybridized carbons (Fsp3) is 0.417. The maximum Gasteiger partial charge on any atom is 0.305 e. The summed E-state index contributed by atoms with van der Waals surface area (Å²) in [4.78, 5) is 35.5. The van der Waals surface area contributed by atoms with Crippen LogP contribution < -0.4 is 10.6 Å². The summed E-state index contributed by atoms with van der Waals surface area (Å²) < 4.78 is 0. The maximum atomic E-state index is 12.9. The van der Waals surface area contributed by atoms with Crippen LogP contribution >= 0.6 is 0 Å². The Kier molecular flexibility index (Phi) is 5.72. The van der Waals surface area contributed by atoms with Crippen LogP contribution in [-0.2, 0) is 4.79 Å². The Morgan fingerprint density at radius 3 is 2.70 bits per heavy atom. The summed E-state index contributed by atoms with van der Waals surface area (Å²) in [6.07, 6.45) is 6.05. The molecular weight excluding hydrogens is 422 g/mol. The zero-order valence-corrected chi connectivity index (χ0v) is 18.1. The van der Waals surface area contributed by atoms with E-state index in [1.807, 2.05) is 24.3 Å². The Morgan fingerprint density at radius 1 is 1.12 bits per heavy atom. The van der Waals surface area contributed by atoms with Crippen LogP contribution in [0.2, 0.25) is 0 Å². The lowest BCUT2D eigenvalue weighted by Gasteiger charge is -2.41. The molecule has 2 aromatic heterocycles. The number of aliphatic hydroxyl groups excluding tert-OH is 1. The van der Waals surface area contributed by atoms with E-state index in [4.69, 9.17) is 0 Å². The summed E-state index contributed by atoms with van der Waals surface area (Å²) >= 11 is 0. The molecule has 2 aliphatic carbocycles. The van der Waals surface area contributed by atoms with E-state index in [1.54, 1.807) is 12.3 Å². The minimum absolute atomic E-state index is 0.201. The number of aromatic nitrogens is 3. The van der Waals surface area contributed by atoms with Gasteiger partial charge in [0.2, 0.25) is 0 Å². The van der Waals surface area contributed by atoms with Gasteiger partial charge in [-0.1, -0.05) is 12.1 Å². The summed E-state index contributed by atoms with van der Waals surface area (Å²) in [5.41, 5.74) is 2.43. The fourth-order valence-corrected chi connectivity index (χ4v) is 5.39. The Balaban J connectivity index is 1.27. The molecule has 5 atom stereocenters. The van der Waals surface area contributed by atoms with E-state index in [1.165, 1.54) is 6.33 Å². The van der Waals surface area contributed by atoms with Crippen LogP contribution in [0.25, 0.3) is 11.0 Å². The van der Waals surface area contributed by atoms with Gasteiger partial charge in [0.05, 0.1) is 17.8 Å². The number of fused-ring (bicyclic) bond motifs is 2. The van der Waals surface area contributed by atoms with Crippen LogP contribution in [0.1, 0.15) is 47.8 Å². The number of carbonyl (C=O) groups is 2. The number of aliphatic hydroxyl groups is 1. The molecule has 0 radical (unpaired) electrons. The van der Waals surface area contributed by atoms with Gasteiger partial charge in [0, 0.05) is 24.5 Å². The predicted molar refractivity (Wildman–Crippen MR) is 122 cm³/mol. The summed E-state index contributed by atoms with van der Waals surface area (Å²) in [7, 11) is 0. The SMILES string of the molecule is O=C(O)CC(NC(=O)c1ncnc2[nH]ccc12)c1ccc(NC2C[C@H]3CC(CO)C[C@@H]23)cc1. The van der Waals surface area contributed by atoms with Crippen LogP contribution in [-0.4, -0.2) is 49.7 Å². The highest BCUT2D eigenvalue weighted by Gasteiger charge is 2.47. The van der Waals surface area contributed by atoms with Gasteiger partial charge in [-0.25, -0.2) is 9.97 Å². The number of carboxylic acids is 1. The first kappa shape index (κ1) is 21.4. The molecule has 172 valence electrons. The lowest BCUT2D eigenvalue weighted by atomic mass is 9.71. The van der Waals surface area contributed by atoms with Gasteiger partial charge in [0.1, 0.15) is 17.7 Å². The molecule has 0 spiro atoms. The average molecular weight is 450 g/mol. The van der Waals surface area contributed by atoms with Crippen molar-refractivity contribution in [2.24, 2.45) is 17.8 Å². The predicted octanol–water partition coefficient (Wildman–Crippen LogP) is 2.72. The van der Waals surface area contributed by atoms with E-state index in [2.05, 4.69) is 25.6 Å². The van der Waals surface area contributed by atoms with Gasteiger partial charge in [-0.15, -0.1) is 0 Å².